The largest absolute Gasteiger partial charge is 0.489 e. The van der Waals surface area contributed by atoms with Gasteiger partial charge in [-0.25, -0.2) is 9.97 Å². The van der Waals surface area contributed by atoms with E-state index in [0.29, 0.717) is 30.4 Å². The molecule has 1 aromatic heterocycles. The van der Waals surface area contributed by atoms with Crippen LogP contribution in [0, 0.1) is 0 Å². The number of carbonyl (C=O) groups excluding carboxylic acids is 2. The van der Waals surface area contributed by atoms with Gasteiger partial charge in [-0.05, 0) is 24.6 Å². The zero-order valence-corrected chi connectivity index (χ0v) is 16.6. The molecule has 0 aliphatic rings. The highest BCUT2D eigenvalue weighted by atomic mass is 16.5. The lowest BCUT2D eigenvalue weighted by molar-refractivity contribution is -0.140. The van der Waals surface area contributed by atoms with Crippen LogP contribution in [0.2, 0.25) is 0 Å². The molecule has 9 heteroatoms. The van der Waals surface area contributed by atoms with E-state index in [1.165, 1.54) is 14.0 Å². The highest BCUT2D eigenvalue weighted by molar-refractivity contribution is 5.90. The van der Waals surface area contributed by atoms with Gasteiger partial charge in [0.15, 0.2) is 0 Å². The first-order chi connectivity index (χ1) is 14.0. The van der Waals surface area contributed by atoms with Crippen molar-refractivity contribution in [3.8, 4) is 5.75 Å². The van der Waals surface area contributed by atoms with E-state index in [4.69, 9.17) is 4.74 Å². The predicted molar refractivity (Wildman–Crippen MR) is 108 cm³/mol. The van der Waals surface area contributed by atoms with Gasteiger partial charge in [-0.3, -0.25) is 9.59 Å². The molecule has 29 heavy (non-hydrogen) atoms. The number of amides is 1. The number of aliphatic hydroxyl groups is 1. The molecule has 9 nitrogen and oxygen atoms in total. The molecule has 0 saturated heterocycles. The van der Waals surface area contributed by atoms with Crippen LogP contribution in [0.3, 0.4) is 0 Å². The van der Waals surface area contributed by atoms with Crippen LogP contribution < -0.4 is 15.0 Å². The number of esters is 1. The SMILES string of the molecule is COC(=O)CCCN(CC(O)COc1ccccc1NC(C)=O)c1ncccn1. The quantitative estimate of drug-likeness (QED) is 0.545. The molecule has 1 aromatic carbocycles. The standard InChI is InChI=1S/C20H26N4O5/c1-15(25)23-17-7-3-4-8-18(17)29-14-16(26)13-24(12-5-9-19(27)28-2)20-21-10-6-11-22-20/h3-4,6-8,10-11,16,26H,5,9,12-14H2,1-2H3,(H,23,25). The van der Waals surface area contributed by atoms with Gasteiger partial charge in [0.1, 0.15) is 18.5 Å². The van der Waals surface area contributed by atoms with Crippen molar-refractivity contribution < 1.29 is 24.2 Å². The Hall–Kier alpha value is -3.20. The predicted octanol–water partition coefficient (Wildman–Crippen LogP) is 1.63. The van der Waals surface area contributed by atoms with Crippen LogP contribution >= 0.6 is 0 Å². The molecule has 0 aliphatic carbocycles. The molecule has 0 spiro atoms. The number of carbonyl (C=O) groups is 2. The third-order valence-corrected chi connectivity index (χ3v) is 3.93. The molecule has 0 aliphatic heterocycles. The lowest BCUT2D eigenvalue weighted by atomic mass is 10.2. The van der Waals surface area contributed by atoms with Crippen LogP contribution in [0.5, 0.6) is 5.75 Å². The maximum Gasteiger partial charge on any atom is 0.305 e. The number of ether oxygens (including phenoxy) is 2. The van der Waals surface area contributed by atoms with Crippen molar-refractivity contribution in [1.29, 1.82) is 0 Å². The summed E-state index contributed by atoms with van der Waals surface area (Å²) in [5.41, 5.74) is 0.536. The third kappa shape index (κ3) is 7.74. The summed E-state index contributed by atoms with van der Waals surface area (Å²) in [5.74, 6) is 0.419. The Morgan fingerprint density at radius 1 is 1.21 bits per heavy atom. The van der Waals surface area contributed by atoms with Crippen molar-refractivity contribution >= 4 is 23.5 Å². The number of hydrogen-bond donors (Lipinski definition) is 2. The molecule has 156 valence electrons. The number of benzene rings is 1. The molecule has 1 atom stereocenters. The Morgan fingerprint density at radius 3 is 2.62 bits per heavy atom. The number of aromatic nitrogens is 2. The van der Waals surface area contributed by atoms with E-state index in [0.717, 1.165) is 0 Å². The Morgan fingerprint density at radius 2 is 1.93 bits per heavy atom. The van der Waals surface area contributed by atoms with E-state index >= 15 is 0 Å². The van der Waals surface area contributed by atoms with Crippen molar-refractivity contribution in [1.82, 2.24) is 9.97 Å². The molecule has 1 heterocycles. The minimum atomic E-state index is -0.845. The van der Waals surface area contributed by atoms with Crippen molar-refractivity contribution in [3.05, 3.63) is 42.7 Å². The summed E-state index contributed by atoms with van der Waals surface area (Å²) in [7, 11) is 1.35. The van der Waals surface area contributed by atoms with E-state index in [2.05, 4.69) is 20.0 Å². The fraction of sp³-hybridized carbons (Fsp3) is 0.400. The Labute approximate surface area is 169 Å². The van der Waals surface area contributed by atoms with Crippen LogP contribution in [-0.2, 0) is 14.3 Å². The summed E-state index contributed by atoms with van der Waals surface area (Å²) in [6.45, 7) is 2.11. The number of nitrogens with one attached hydrogen (secondary N) is 1. The smallest absolute Gasteiger partial charge is 0.305 e. The zero-order chi connectivity index (χ0) is 21.1. The minimum Gasteiger partial charge on any atom is -0.489 e. The lowest BCUT2D eigenvalue weighted by Crippen LogP contribution is -2.37. The fourth-order valence-electron chi connectivity index (χ4n) is 2.62. The number of nitrogens with zero attached hydrogens (tertiary/aromatic N) is 3. The summed E-state index contributed by atoms with van der Waals surface area (Å²) in [4.78, 5) is 32.9. The van der Waals surface area contributed by atoms with E-state index in [1.54, 1.807) is 47.6 Å². The van der Waals surface area contributed by atoms with Gasteiger partial charge in [-0.2, -0.15) is 0 Å². The molecular weight excluding hydrogens is 376 g/mol. The molecule has 1 unspecified atom stereocenters. The highest BCUT2D eigenvalue weighted by Crippen LogP contribution is 2.23. The molecule has 1 amide bonds. The molecule has 2 N–H and O–H groups in total. The zero-order valence-electron chi connectivity index (χ0n) is 16.6. The molecule has 0 radical (unpaired) electrons. The second kappa shape index (κ2) is 11.6. The fourth-order valence-corrected chi connectivity index (χ4v) is 2.62. The second-order valence-electron chi connectivity index (χ2n) is 6.32. The van der Waals surface area contributed by atoms with Gasteiger partial charge >= 0.3 is 5.97 Å². The van der Waals surface area contributed by atoms with Gasteiger partial charge in [0, 0.05) is 32.3 Å². The van der Waals surface area contributed by atoms with E-state index in [-0.39, 0.29) is 31.4 Å². The molecule has 2 aromatic rings. The third-order valence-electron chi connectivity index (χ3n) is 3.93. The maximum atomic E-state index is 11.3. The van der Waals surface area contributed by atoms with Crippen molar-refractivity contribution in [2.45, 2.75) is 25.9 Å². The first-order valence-corrected chi connectivity index (χ1v) is 9.26. The van der Waals surface area contributed by atoms with Crippen LogP contribution in [-0.4, -0.2) is 59.9 Å². The molecule has 0 saturated carbocycles. The molecular formula is C20H26N4O5. The van der Waals surface area contributed by atoms with Gasteiger partial charge in [0.25, 0.3) is 0 Å². The monoisotopic (exact) mass is 402 g/mol. The van der Waals surface area contributed by atoms with Gasteiger partial charge < -0.3 is 24.8 Å². The Kier molecular flexibility index (Phi) is 8.84. The molecule has 2 rings (SSSR count). The summed E-state index contributed by atoms with van der Waals surface area (Å²) < 4.78 is 10.3. The van der Waals surface area contributed by atoms with Crippen LogP contribution in [0.1, 0.15) is 19.8 Å². The van der Waals surface area contributed by atoms with Gasteiger partial charge in [-0.1, -0.05) is 12.1 Å². The first-order valence-electron chi connectivity index (χ1n) is 9.26. The van der Waals surface area contributed by atoms with E-state index in [1.807, 2.05) is 0 Å². The number of para-hydroxylation sites is 2. The van der Waals surface area contributed by atoms with Crippen LogP contribution in [0.15, 0.2) is 42.7 Å². The van der Waals surface area contributed by atoms with E-state index < -0.39 is 6.10 Å². The second-order valence-corrected chi connectivity index (χ2v) is 6.32. The van der Waals surface area contributed by atoms with Crippen molar-refractivity contribution in [2.75, 3.05) is 37.0 Å². The average Bonchev–Trinajstić information content (AvgIpc) is 2.72. The minimum absolute atomic E-state index is 0.0108. The normalized spacial score (nSPS) is 11.4. The van der Waals surface area contributed by atoms with Crippen molar-refractivity contribution in [2.24, 2.45) is 0 Å². The first kappa shape index (κ1) is 22.1. The Bertz CT molecular complexity index is 787. The van der Waals surface area contributed by atoms with Gasteiger partial charge in [0.2, 0.25) is 11.9 Å². The molecule has 0 bridgehead atoms. The van der Waals surface area contributed by atoms with Gasteiger partial charge in [0.05, 0.1) is 19.3 Å². The number of rotatable bonds is 11. The summed E-state index contributed by atoms with van der Waals surface area (Å²) in [5, 5.41) is 13.2. The average molecular weight is 402 g/mol. The highest BCUT2D eigenvalue weighted by Gasteiger charge is 2.16. The number of hydrogen-bond acceptors (Lipinski definition) is 8. The Balaban J connectivity index is 1.96. The number of anilines is 2. The van der Waals surface area contributed by atoms with E-state index in [9.17, 15) is 14.7 Å². The van der Waals surface area contributed by atoms with Gasteiger partial charge in [-0.15, -0.1) is 0 Å². The topological polar surface area (TPSA) is 114 Å². The number of methoxy groups -OCH3 is 1. The van der Waals surface area contributed by atoms with Crippen LogP contribution in [0.25, 0.3) is 0 Å². The summed E-state index contributed by atoms with van der Waals surface area (Å²) in [6, 6.07) is 8.70. The summed E-state index contributed by atoms with van der Waals surface area (Å²) >= 11 is 0. The molecule has 0 fully saturated rings. The van der Waals surface area contributed by atoms with Crippen LogP contribution in [0.4, 0.5) is 11.6 Å². The lowest BCUT2D eigenvalue weighted by Gasteiger charge is -2.25. The number of aliphatic hydroxyl groups excluding tert-OH is 1. The summed E-state index contributed by atoms with van der Waals surface area (Å²) in [6.07, 6.45) is 3.17. The maximum absolute atomic E-state index is 11.3. The van der Waals surface area contributed by atoms with Crippen molar-refractivity contribution in [3.63, 3.8) is 0 Å².